The highest BCUT2D eigenvalue weighted by Gasteiger charge is 2.19. The van der Waals surface area contributed by atoms with Gasteiger partial charge >= 0.3 is 6.03 Å². The lowest BCUT2D eigenvalue weighted by atomic mass is 10.1. The Balaban J connectivity index is 1.82. The molecular weight excluding hydrogens is 396 g/mol. The number of nitrogens with one attached hydrogen (secondary N) is 1. The van der Waals surface area contributed by atoms with Crippen LogP contribution < -0.4 is 31.6 Å². The minimum atomic E-state index is -0.674. The molecule has 29 heavy (non-hydrogen) atoms. The number of halogens is 1. The summed E-state index contributed by atoms with van der Waals surface area (Å²) in [5.74, 6) is 12.0. The third-order valence-corrected chi connectivity index (χ3v) is 4.28. The molecule has 3 aromatic rings. The first-order valence-electron chi connectivity index (χ1n) is 8.78. The number of rotatable bonds is 7. The van der Waals surface area contributed by atoms with Gasteiger partial charge in [-0.15, -0.1) is 5.10 Å². The van der Waals surface area contributed by atoms with E-state index in [1.54, 1.807) is 47.3 Å². The predicted molar refractivity (Wildman–Crippen MR) is 110 cm³/mol. The van der Waals surface area contributed by atoms with Crippen LogP contribution in [0.5, 0.6) is 11.6 Å². The fraction of sp³-hybridized carbons (Fsp3) is 0.158. The molecule has 0 aliphatic heterocycles. The van der Waals surface area contributed by atoms with Gasteiger partial charge in [0.2, 0.25) is 5.88 Å². The van der Waals surface area contributed by atoms with Gasteiger partial charge in [-0.25, -0.2) is 26.2 Å². The molecule has 152 valence electrons. The normalized spacial score (nSPS) is 10.5. The van der Waals surface area contributed by atoms with Crippen LogP contribution in [0.15, 0.2) is 54.7 Å². The molecule has 0 unspecified atom stereocenters. The number of amides is 2. The van der Waals surface area contributed by atoms with E-state index in [9.17, 15) is 4.79 Å². The van der Waals surface area contributed by atoms with E-state index in [1.165, 1.54) is 0 Å². The molecule has 0 fully saturated rings. The van der Waals surface area contributed by atoms with E-state index in [0.29, 0.717) is 34.5 Å². The molecular formula is C19H21ClN6O3. The third-order valence-electron chi connectivity index (χ3n) is 4.03. The molecule has 0 aliphatic rings. The van der Waals surface area contributed by atoms with Crippen LogP contribution in [0.2, 0.25) is 5.02 Å². The highest BCUT2D eigenvalue weighted by Crippen LogP contribution is 2.30. The topological polar surface area (TPSA) is 121 Å². The number of ether oxygens (including phenoxy) is 2. The number of carbonyl (C=O) groups is 1. The number of anilines is 1. The average molecular weight is 417 g/mol. The van der Waals surface area contributed by atoms with Crippen LogP contribution in [-0.2, 0) is 6.61 Å². The first kappa shape index (κ1) is 20.5. The zero-order valence-electron chi connectivity index (χ0n) is 15.7. The molecule has 0 radical (unpaired) electrons. The van der Waals surface area contributed by atoms with E-state index in [0.717, 1.165) is 10.7 Å². The molecule has 2 amide bonds. The first-order chi connectivity index (χ1) is 14.0. The number of hydrogen-bond donors (Lipinski definition) is 3. The molecule has 0 aliphatic carbocycles. The summed E-state index contributed by atoms with van der Waals surface area (Å²) in [5.41, 5.74) is 3.82. The van der Waals surface area contributed by atoms with E-state index < -0.39 is 6.03 Å². The number of nitrogens with zero attached hydrogens (tertiary/aromatic N) is 3. The van der Waals surface area contributed by atoms with Crippen molar-refractivity contribution >= 4 is 23.3 Å². The van der Waals surface area contributed by atoms with Crippen molar-refractivity contribution in [2.45, 2.75) is 13.5 Å². The summed E-state index contributed by atoms with van der Waals surface area (Å²) in [6, 6.07) is 13.5. The van der Waals surface area contributed by atoms with Gasteiger partial charge in [-0.05, 0) is 43.3 Å². The van der Waals surface area contributed by atoms with Crippen molar-refractivity contribution in [2.24, 2.45) is 11.7 Å². The van der Waals surface area contributed by atoms with Crippen molar-refractivity contribution in [2.75, 3.05) is 11.6 Å². The van der Waals surface area contributed by atoms with Crippen LogP contribution in [0.3, 0.4) is 0 Å². The second-order valence-corrected chi connectivity index (χ2v) is 6.31. The van der Waals surface area contributed by atoms with Gasteiger partial charge in [-0.3, -0.25) is 5.43 Å². The second-order valence-electron chi connectivity index (χ2n) is 5.87. The van der Waals surface area contributed by atoms with Gasteiger partial charge in [0, 0.05) is 17.3 Å². The summed E-state index contributed by atoms with van der Waals surface area (Å²) in [5, 5.41) is 5.93. The number of carbonyl (C=O) groups excluding carboxylic acids is 1. The Morgan fingerprint density at radius 1 is 1.21 bits per heavy atom. The molecule has 5 N–H and O–H groups in total. The lowest BCUT2D eigenvalue weighted by Crippen LogP contribution is -2.48. The molecule has 1 aromatic heterocycles. The molecule has 0 saturated carbocycles. The lowest BCUT2D eigenvalue weighted by Gasteiger charge is -2.21. The molecule has 0 saturated heterocycles. The maximum absolute atomic E-state index is 11.9. The van der Waals surface area contributed by atoms with Gasteiger partial charge < -0.3 is 9.47 Å². The quantitative estimate of drug-likeness (QED) is 0.309. The van der Waals surface area contributed by atoms with Gasteiger partial charge in [0.25, 0.3) is 0 Å². The smallest absolute Gasteiger partial charge is 0.350 e. The Hall–Kier alpha value is -3.27. The molecule has 9 nitrogen and oxygen atoms in total. The van der Waals surface area contributed by atoms with Gasteiger partial charge in [-0.1, -0.05) is 17.7 Å². The van der Waals surface area contributed by atoms with Crippen molar-refractivity contribution in [3.63, 3.8) is 0 Å². The van der Waals surface area contributed by atoms with Crippen LogP contribution in [0.25, 0.3) is 5.69 Å². The summed E-state index contributed by atoms with van der Waals surface area (Å²) in [6.45, 7) is 2.38. The first-order valence-corrected chi connectivity index (χ1v) is 9.15. The minimum Gasteiger partial charge on any atom is -0.493 e. The number of benzene rings is 2. The Morgan fingerprint density at radius 2 is 1.97 bits per heavy atom. The van der Waals surface area contributed by atoms with Gasteiger partial charge in [0.05, 0.1) is 23.5 Å². The number of urea groups is 1. The van der Waals surface area contributed by atoms with Crippen LogP contribution in [0.4, 0.5) is 10.5 Å². The Kier molecular flexibility index (Phi) is 6.55. The summed E-state index contributed by atoms with van der Waals surface area (Å²) < 4.78 is 13.1. The number of aromatic nitrogens is 2. The van der Waals surface area contributed by atoms with Crippen molar-refractivity contribution in [1.29, 1.82) is 0 Å². The van der Waals surface area contributed by atoms with Crippen molar-refractivity contribution in [1.82, 2.24) is 15.2 Å². The van der Waals surface area contributed by atoms with Crippen LogP contribution in [0, 0.1) is 0 Å². The van der Waals surface area contributed by atoms with Gasteiger partial charge in [-0.2, -0.15) is 0 Å². The van der Waals surface area contributed by atoms with Gasteiger partial charge in [0.15, 0.2) is 0 Å². The van der Waals surface area contributed by atoms with Crippen LogP contribution >= 0.6 is 11.6 Å². The van der Waals surface area contributed by atoms with E-state index >= 15 is 0 Å². The summed E-state index contributed by atoms with van der Waals surface area (Å²) >= 11 is 5.92. The monoisotopic (exact) mass is 416 g/mol. The number of nitrogens with two attached hydrogens (primary N) is 2. The Bertz CT molecular complexity index is 976. The molecule has 0 atom stereocenters. The van der Waals surface area contributed by atoms with E-state index in [2.05, 4.69) is 5.10 Å². The standard InChI is InChI=1S/C19H21ClN6O3/c1-2-28-17-5-3-4-16(26(22)19(27)23-21)15(17)12-29-18-10-11-25(24-18)14-8-6-13(20)7-9-14/h3-11H,2,12,21-22H2,1H3,(H,23,27). The van der Waals surface area contributed by atoms with E-state index in [1.807, 2.05) is 24.5 Å². The summed E-state index contributed by atoms with van der Waals surface area (Å²) in [4.78, 5) is 11.9. The average Bonchev–Trinajstić information content (AvgIpc) is 3.21. The SMILES string of the molecule is CCOc1cccc(N(N)C(=O)NN)c1COc1ccn(-c2ccc(Cl)cc2)n1. The fourth-order valence-electron chi connectivity index (χ4n) is 2.66. The molecule has 10 heteroatoms. The number of hydrogen-bond acceptors (Lipinski definition) is 6. The molecule has 1 heterocycles. The Morgan fingerprint density at radius 3 is 2.66 bits per heavy atom. The second kappa shape index (κ2) is 9.28. The highest BCUT2D eigenvalue weighted by atomic mass is 35.5. The lowest BCUT2D eigenvalue weighted by molar-refractivity contribution is 0.246. The van der Waals surface area contributed by atoms with Crippen LogP contribution in [0.1, 0.15) is 12.5 Å². The predicted octanol–water partition coefficient (Wildman–Crippen LogP) is 2.77. The minimum absolute atomic E-state index is 0.0781. The molecule has 3 rings (SSSR count). The zero-order chi connectivity index (χ0) is 20.8. The molecule has 2 aromatic carbocycles. The van der Waals surface area contributed by atoms with E-state index in [-0.39, 0.29) is 6.61 Å². The van der Waals surface area contributed by atoms with E-state index in [4.69, 9.17) is 32.8 Å². The Labute approximate surface area is 172 Å². The highest BCUT2D eigenvalue weighted by molar-refractivity contribution is 6.30. The zero-order valence-corrected chi connectivity index (χ0v) is 16.5. The summed E-state index contributed by atoms with van der Waals surface area (Å²) in [6.07, 6.45) is 1.77. The summed E-state index contributed by atoms with van der Waals surface area (Å²) in [7, 11) is 0. The maximum atomic E-state index is 11.9. The molecule has 0 spiro atoms. The molecule has 0 bridgehead atoms. The number of hydrazine groups is 2. The van der Waals surface area contributed by atoms with Crippen molar-refractivity contribution < 1.29 is 14.3 Å². The van der Waals surface area contributed by atoms with Gasteiger partial charge in [0.1, 0.15) is 12.4 Å². The van der Waals surface area contributed by atoms with Crippen molar-refractivity contribution in [3.05, 3.63) is 65.3 Å². The van der Waals surface area contributed by atoms with Crippen LogP contribution in [-0.4, -0.2) is 22.4 Å². The third kappa shape index (κ3) is 4.77. The fourth-order valence-corrected chi connectivity index (χ4v) is 2.79. The largest absolute Gasteiger partial charge is 0.493 e. The van der Waals surface area contributed by atoms with Crippen molar-refractivity contribution in [3.8, 4) is 17.3 Å². The maximum Gasteiger partial charge on any atom is 0.350 e.